The highest BCUT2D eigenvalue weighted by atomic mass is 32.1. The van der Waals surface area contributed by atoms with Crippen molar-refractivity contribution in [3.63, 3.8) is 0 Å². The second-order valence-corrected chi connectivity index (χ2v) is 4.02. The van der Waals surface area contributed by atoms with Crippen molar-refractivity contribution in [2.75, 3.05) is 18.5 Å². The van der Waals surface area contributed by atoms with Crippen LogP contribution < -0.4 is 4.90 Å². The van der Waals surface area contributed by atoms with Crippen LogP contribution in [0.1, 0.15) is 21.8 Å². The van der Waals surface area contributed by atoms with E-state index in [0.29, 0.717) is 23.8 Å². The largest absolute Gasteiger partial charge is 0.477 e. The number of carboxylic acids is 1. The Morgan fingerprint density at radius 2 is 2.40 bits per heavy atom. The van der Waals surface area contributed by atoms with Crippen molar-refractivity contribution < 1.29 is 9.90 Å². The Kier molecular flexibility index (Phi) is 3.63. The highest BCUT2D eigenvalue weighted by Crippen LogP contribution is 2.25. The minimum absolute atomic E-state index is 0.258. The lowest BCUT2D eigenvalue weighted by atomic mass is 10.4. The van der Waals surface area contributed by atoms with Crippen LogP contribution in [0.25, 0.3) is 0 Å². The third kappa shape index (κ3) is 2.67. The molecule has 0 aromatic carbocycles. The van der Waals surface area contributed by atoms with Gasteiger partial charge in [-0.3, -0.25) is 0 Å². The van der Waals surface area contributed by atoms with Gasteiger partial charge in [0, 0.05) is 13.6 Å². The predicted molar refractivity (Wildman–Crippen MR) is 57.3 cm³/mol. The van der Waals surface area contributed by atoms with Crippen LogP contribution in [-0.4, -0.2) is 29.7 Å². The summed E-state index contributed by atoms with van der Waals surface area (Å²) in [6, 6.07) is 2.03. The average Bonchev–Trinajstić information content (AvgIpc) is 2.56. The SMILES string of the molecule is Cc1nc(N(C)CCC#N)sc1C(=O)O. The average molecular weight is 225 g/mol. The summed E-state index contributed by atoms with van der Waals surface area (Å²) in [5.74, 6) is -0.954. The molecule has 0 amide bonds. The first-order chi connectivity index (χ1) is 7.06. The van der Waals surface area contributed by atoms with Gasteiger partial charge < -0.3 is 10.0 Å². The molecule has 0 saturated carbocycles. The maximum absolute atomic E-state index is 10.8. The Morgan fingerprint density at radius 3 is 2.87 bits per heavy atom. The first-order valence-electron chi connectivity index (χ1n) is 4.35. The molecule has 1 N–H and O–H groups in total. The van der Waals surface area contributed by atoms with Gasteiger partial charge in [-0.2, -0.15) is 5.26 Å². The number of aromatic nitrogens is 1. The van der Waals surface area contributed by atoms with Gasteiger partial charge in [0.25, 0.3) is 0 Å². The summed E-state index contributed by atoms with van der Waals surface area (Å²) < 4.78 is 0. The Morgan fingerprint density at radius 1 is 1.73 bits per heavy atom. The number of nitriles is 1. The minimum Gasteiger partial charge on any atom is -0.477 e. The van der Waals surface area contributed by atoms with E-state index in [-0.39, 0.29) is 4.88 Å². The van der Waals surface area contributed by atoms with Gasteiger partial charge in [-0.05, 0) is 6.92 Å². The molecule has 0 spiro atoms. The van der Waals surface area contributed by atoms with E-state index < -0.39 is 5.97 Å². The summed E-state index contributed by atoms with van der Waals surface area (Å²) in [5, 5.41) is 17.9. The van der Waals surface area contributed by atoms with E-state index in [1.165, 1.54) is 0 Å². The summed E-state index contributed by atoms with van der Waals surface area (Å²) in [4.78, 5) is 17.0. The zero-order valence-corrected chi connectivity index (χ0v) is 9.34. The Labute approximate surface area is 91.6 Å². The van der Waals surface area contributed by atoms with Crippen molar-refractivity contribution in [3.05, 3.63) is 10.6 Å². The number of carboxylic acid groups (broad SMARTS) is 1. The Balaban J connectivity index is 2.83. The summed E-state index contributed by atoms with van der Waals surface area (Å²) in [7, 11) is 1.79. The van der Waals surface area contributed by atoms with Gasteiger partial charge in [-0.15, -0.1) is 0 Å². The van der Waals surface area contributed by atoms with E-state index in [0.717, 1.165) is 11.3 Å². The van der Waals surface area contributed by atoms with Crippen LogP contribution in [0, 0.1) is 18.3 Å². The van der Waals surface area contributed by atoms with Gasteiger partial charge in [0.05, 0.1) is 18.2 Å². The van der Waals surface area contributed by atoms with Crippen LogP contribution in [0.3, 0.4) is 0 Å². The molecule has 15 heavy (non-hydrogen) atoms. The van der Waals surface area contributed by atoms with Crippen molar-refractivity contribution >= 4 is 22.4 Å². The molecule has 1 aromatic rings. The number of rotatable bonds is 4. The predicted octanol–water partition coefficient (Wildman–Crippen LogP) is 1.50. The molecule has 0 bridgehead atoms. The summed E-state index contributed by atoms with van der Waals surface area (Å²) in [6.45, 7) is 2.23. The first-order valence-corrected chi connectivity index (χ1v) is 5.16. The lowest BCUT2D eigenvalue weighted by Crippen LogP contribution is -2.17. The van der Waals surface area contributed by atoms with Crippen LogP contribution in [0.15, 0.2) is 0 Å². The van der Waals surface area contributed by atoms with Gasteiger partial charge >= 0.3 is 5.97 Å². The minimum atomic E-state index is -0.954. The van der Waals surface area contributed by atoms with Gasteiger partial charge in [-0.25, -0.2) is 9.78 Å². The van der Waals surface area contributed by atoms with Crippen LogP contribution in [-0.2, 0) is 0 Å². The normalized spacial score (nSPS) is 9.67. The van der Waals surface area contributed by atoms with Gasteiger partial charge in [-0.1, -0.05) is 11.3 Å². The molecular formula is C9H11N3O2S. The number of thiazole rings is 1. The molecule has 0 radical (unpaired) electrons. The second-order valence-electron chi connectivity index (χ2n) is 3.05. The lowest BCUT2D eigenvalue weighted by Gasteiger charge is -2.12. The topological polar surface area (TPSA) is 77.2 Å². The smallest absolute Gasteiger partial charge is 0.347 e. The van der Waals surface area contributed by atoms with Crippen molar-refractivity contribution in [3.8, 4) is 6.07 Å². The number of hydrogen-bond acceptors (Lipinski definition) is 5. The van der Waals surface area contributed by atoms with Crippen molar-refractivity contribution in [1.82, 2.24) is 4.98 Å². The number of hydrogen-bond donors (Lipinski definition) is 1. The van der Waals surface area contributed by atoms with Crippen LogP contribution in [0.4, 0.5) is 5.13 Å². The number of anilines is 1. The summed E-state index contributed by atoms with van der Waals surface area (Å²) in [5.41, 5.74) is 0.520. The number of aromatic carboxylic acids is 1. The second kappa shape index (κ2) is 4.75. The van der Waals surface area contributed by atoms with Crippen LogP contribution >= 0.6 is 11.3 Å². The molecule has 5 nitrogen and oxygen atoms in total. The molecule has 0 aliphatic rings. The van der Waals surface area contributed by atoms with E-state index >= 15 is 0 Å². The van der Waals surface area contributed by atoms with Gasteiger partial charge in [0.1, 0.15) is 4.88 Å². The van der Waals surface area contributed by atoms with Gasteiger partial charge in [0.2, 0.25) is 0 Å². The number of carbonyl (C=O) groups is 1. The Bertz CT molecular complexity index is 408. The highest BCUT2D eigenvalue weighted by molar-refractivity contribution is 7.17. The van der Waals surface area contributed by atoms with E-state index in [1.807, 2.05) is 6.07 Å². The van der Waals surface area contributed by atoms with Crippen LogP contribution in [0.5, 0.6) is 0 Å². The van der Waals surface area contributed by atoms with E-state index in [9.17, 15) is 4.79 Å². The molecule has 80 valence electrons. The molecule has 0 unspecified atom stereocenters. The maximum Gasteiger partial charge on any atom is 0.347 e. The molecule has 0 aliphatic carbocycles. The maximum atomic E-state index is 10.8. The molecule has 1 rings (SSSR count). The fraction of sp³-hybridized carbons (Fsp3) is 0.444. The molecule has 0 fully saturated rings. The summed E-state index contributed by atoms with van der Waals surface area (Å²) in [6.07, 6.45) is 0.400. The third-order valence-corrected chi connectivity index (χ3v) is 3.12. The quantitative estimate of drug-likeness (QED) is 0.840. The summed E-state index contributed by atoms with van der Waals surface area (Å²) >= 11 is 1.13. The van der Waals surface area contributed by atoms with E-state index in [4.69, 9.17) is 10.4 Å². The van der Waals surface area contributed by atoms with Crippen molar-refractivity contribution in [1.29, 1.82) is 5.26 Å². The molecule has 1 aromatic heterocycles. The first kappa shape index (κ1) is 11.5. The zero-order valence-electron chi connectivity index (χ0n) is 8.52. The van der Waals surface area contributed by atoms with E-state index in [2.05, 4.69) is 4.98 Å². The zero-order chi connectivity index (χ0) is 11.4. The monoisotopic (exact) mass is 225 g/mol. The molecule has 0 atom stereocenters. The highest BCUT2D eigenvalue weighted by Gasteiger charge is 2.15. The lowest BCUT2D eigenvalue weighted by molar-refractivity contribution is 0.0701. The van der Waals surface area contributed by atoms with Crippen molar-refractivity contribution in [2.45, 2.75) is 13.3 Å². The van der Waals surface area contributed by atoms with Crippen LogP contribution in [0.2, 0.25) is 0 Å². The number of aryl methyl sites for hydroxylation is 1. The molecular weight excluding hydrogens is 214 g/mol. The fourth-order valence-corrected chi connectivity index (χ4v) is 1.95. The third-order valence-electron chi connectivity index (χ3n) is 1.87. The number of nitrogens with zero attached hydrogens (tertiary/aromatic N) is 3. The molecule has 0 saturated heterocycles. The molecule has 0 aliphatic heterocycles. The fourth-order valence-electron chi connectivity index (χ4n) is 1.06. The molecule has 6 heteroatoms. The molecule has 1 heterocycles. The standard InChI is InChI=1S/C9H11N3O2S/c1-6-7(8(13)14)15-9(11-6)12(2)5-3-4-10/h3,5H2,1-2H3,(H,13,14). The van der Waals surface area contributed by atoms with Crippen molar-refractivity contribution in [2.24, 2.45) is 0 Å². The van der Waals surface area contributed by atoms with Gasteiger partial charge in [0.15, 0.2) is 5.13 Å². The Hall–Kier alpha value is -1.61. The van der Waals surface area contributed by atoms with E-state index in [1.54, 1.807) is 18.9 Å².